The first kappa shape index (κ1) is 14.4. The van der Waals surface area contributed by atoms with Gasteiger partial charge in [0, 0.05) is 23.2 Å². The lowest BCUT2D eigenvalue weighted by atomic mass is 10.0. The van der Waals surface area contributed by atoms with Gasteiger partial charge in [-0.1, -0.05) is 24.6 Å². The molecule has 0 spiro atoms. The zero-order chi connectivity index (χ0) is 13.8. The van der Waals surface area contributed by atoms with Gasteiger partial charge in [0.05, 0.1) is 0 Å². The Bertz CT molecular complexity index is 455. The topological polar surface area (TPSA) is 32.3 Å². The van der Waals surface area contributed by atoms with E-state index in [4.69, 9.17) is 11.6 Å². The van der Waals surface area contributed by atoms with Gasteiger partial charge in [-0.15, -0.1) is 0 Å². The average Bonchev–Trinajstić information content (AvgIpc) is 2.44. The van der Waals surface area contributed by atoms with Crippen LogP contribution in [0.25, 0.3) is 0 Å². The molecular weight excluding hydrogens is 260 g/mol. The fourth-order valence-corrected chi connectivity index (χ4v) is 2.70. The van der Waals surface area contributed by atoms with E-state index in [1.807, 2.05) is 36.9 Å². The van der Waals surface area contributed by atoms with Crippen LogP contribution in [0.2, 0.25) is 5.02 Å². The van der Waals surface area contributed by atoms with Gasteiger partial charge in [-0.25, -0.2) is 0 Å². The SMILES string of the molecule is CCC(=O)N(c1ccc(C)c(Cl)c1)C1CCNCC1. The van der Waals surface area contributed by atoms with E-state index in [1.54, 1.807) is 0 Å². The molecule has 19 heavy (non-hydrogen) atoms. The van der Waals surface area contributed by atoms with Crippen LogP contribution in [0.4, 0.5) is 5.69 Å². The second kappa shape index (κ2) is 6.40. The fourth-order valence-electron chi connectivity index (χ4n) is 2.53. The molecule has 1 N–H and O–H groups in total. The third-order valence-electron chi connectivity index (χ3n) is 3.68. The van der Waals surface area contributed by atoms with Gasteiger partial charge in [0.25, 0.3) is 0 Å². The highest BCUT2D eigenvalue weighted by Crippen LogP contribution is 2.27. The largest absolute Gasteiger partial charge is 0.317 e. The van der Waals surface area contributed by atoms with E-state index in [9.17, 15) is 4.79 Å². The Morgan fingerprint density at radius 1 is 1.42 bits per heavy atom. The van der Waals surface area contributed by atoms with E-state index in [0.717, 1.165) is 42.2 Å². The summed E-state index contributed by atoms with van der Waals surface area (Å²) < 4.78 is 0. The van der Waals surface area contributed by atoms with Crippen molar-refractivity contribution >= 4 is 23.2 Å². The number of carbonyl (C=O) groups is 1. The number of anilines is 1. The summed E-state index contributed by atoms with van der Waals surface area (Å²) in [6.45, 7) is 5.82. The van der Waals surface area contributed by atoms with Gasteiger partial charge >= 0.3 is 0 Å². The molecule has 1 amide bonds. The van der Waals surface area contributed by atoms with Crippen LogP contribution in [0.1, 0.15) is 31.7 Å². The van der Waals surface area contributed by atoms with E-state index >= 15 is 0 Å². The molecule has 0 aliphatic carbocycles. The lowest BCUT2D eigenvalue weighted by molar-refractivity contribution is -0.118. The van der Waals surface area contributed by atoms with Gasteiger partial charge in [-0.2, -0.15) is 0 Å². The monoisotopic (exact) mass is 280 g/mol. The maximum absolute atomic E-state index is 12.3. The Kier molecular flexibility index (Phi) is 4.83. The first-order valence-corrected chi connectivity index (χ1v) is 7.30. The molecule has 1 fully saturated rings. The quantitative estimate of drug-likeness (QED) is 0.922. The molecule has 0 atom stereocenters. The van der Waals surface area contributed by atoms with Gasteiger partial charge in [0.1, 0.15) is 0 Å². The lowest BCUT2D eigenvalue weighted by Gasteiger charge is -2.35. The third kappa shape index (κ3) is 3.28. The number of hydrogen-bond donors (Lipinski definition) is 1. The Morgan fingerprint density at radius 3 is 2.68 bits per heavy atom. The summed E-state index contributed by atoms with van der Waals surface area (Å²) in [6, 6.07) is 6.17. The van der Waals surface area contributed by atoms with Crippen LogP contribution in [0, 0.1) is 6.92 Å². The second-order valence-corrected chi connectivity index (χ2v) is 5.44. The number of rotatable bonds is 3. The van der Waals surface area contributed by atoms with Crippen molar-refractivity contribution in [2.75, 3.05) is 18.0 Å². The number of benzene rings is 1. The predicted octanol–water partition coefficient (Wildman–Crippen LogP) is 3.14. The molecular formula is C15H21ClN2O. The number of nitrogens with one attached hydrogen (secondary N) is 1. The van der Waals surface area contributed by atoms with Crippen LogP contribution < -0.4 is 10.2 Å². The van der Waals surface area contributed by atoms with Crippen LogP contribution in [-0.4, -0.2) is 25.0 Å². The number of piperidine rings is 1. The van der Waals surface area contributed by atoms with Crippen LogP contribution >= 0.6 is 11.6 Å². The standard InChI is InChI=1S/C15H21ClN2O/c1-3-15(19)18(12-6-8-17-9-7-12)13-5-4-11(2)14(16)10-13/h4-5,10,12,17H,3,6-9H2,1-2H3. The number of amides is 1. The van der Waals surface area contributed by atoms with Crippen LogP contribution in [0.15, 0.2) is 18.2 Å². The van der Waals surface area contributed by atoms with E-state index < -0.39 is 0 Å². The van der Waals surface area contributed by atoms with Gasteiger partial charge < -0.3 is 10.2 Å². The first-order valence-electron chi connectivity index (χ1n) is 6.92. The first-order chi connectivity index (χ1) is 9.13. The Labute approximate surface area is 119 Å². The Balaban J connectivity index is 2.30. The number of aryl methyl sites for hydroxylation is 1. The molecule has 1 aliphatic heterocycles. The summed E-state index contributed by atoms with van der Waals surface area (Å²) in [5, 5.41) is 4.06. The summed E-state index contributed by atoms with van der Waals surface area (Å²) >= 11 is 6.19. The summed E-state index contributed by atoms with van der Waals surface area (Å²) in [5.41, 5.74) is 1.97. The highest BCUT2D eigenvalue weighted by Gasteiger charge is 2.25. The van der Waals surface area contributed by atoms with Crippen molar-refractivity contribution < 1.29 is 4.79 Å². The fraction of sp³-hybridized carbons (Fsp3) is 0.533. The summed E-state index contributed by atoms with van der Waals surface area (Å²) in [5.74, 6) is 0.173. The summed E-state index contributed by atoms with van der Waals surface area (Å²) in [7, 11) is 0. The number of nitrogens with zero attached hydrogens (tertiary/aromatic N) is 1. The van der Waals surface area contributed by atoms with E-state index in [0.29, 0.717) is 6.42 Å². The molecule has 0 radical (unpaired) electrons. The number of carbonyl (C=O) groups excluding carboxylic acids is 1. The van der Waals surface area contributed by atoms with E-state index in [2.05, 4.69) is 5.32 Å². The van der Waals surface area contributed by atoms with Crippen molar-refractivity contribution in [1.29, 1.82) is 0 Å². The Hall–Kier alpha value is -1.06. The molecule has 1 saturated heterocycles. The molecule has 1 heterocycles. The van der Waals surface area contributed by atoms with Crippen LogP contribution in [0.3, 0.4) is 0 Å². The minimum atomic E-state index is 0.173. The molecule has 1 aromatic carbocycles. The van der Waals surface area contributed by atoms with Crippen molar-refractivity contribution in [2.45, 2.75) is 39.2 Å². The average molecular weight is 281 g/mol. The molecule has 0 unspecified atom stereocenters. The lowest BCUT2D eigenvalue weighted by Crippen LogP contribution is -2.46. The highest BCUT2D eigenvalue weighted by atomic mass is 35.5. The molecule has 1 aliphatic rings. The zero-order valence-corrected chi connectivity index (χ0v) is 12.3. The normalized spacial score (nSPS) is 16.4. The maximum Gasteiger partial charge on any atom is 0.226 e. The Morgan fingerprint density at radius 2 is 2.11 bits per heavy atom. The minimum Gasteiger partial charge on any atom is -0.317 e. The summed E-state index contributed by atoms with van der Waals surface area (Å²) in [6.07, 6.45) is 2.52. The van der Waals surface area contributed by atoms with E-state index in [-0.39, 0.29) is 11.9 Å². The second-order valence-electron chi connectivity index (χ2n) is 5.03. The van der Waals surface area contributed by atoms with Gasteiger partial charge in [0.2, 0.25) is 5.91 Å². The number of halogens is 1. The molecule has 0 bridgehead atoms. The molecule has 0 saturated carbocycles. The van der Waals surface area contributed by atoms with Crippen LogP contribution in [-0.2, 0) is 4.79 Å². The van der Waals surface area contributed by atoms with Crippen molar-refractivity contribution in [3.05, 3.63) is 28.8 Å². The van der Waals surface area contributed by atoms with Crippen molar-refractivity contribution in [2.24, 2.45) is 0 Å². The molecule has 4 heteroatoms. The van der Waals surface area contributed by atoms with Crippen LogP contribution in [0.5, 0.6) is 0 Å². The van der Waals surface area contributed by atoms with Gasteiger partial charge in [-0.05, 0) is 50.6 Å². The molecule has 0 aromatic heterocycles. The maximum atomic E-state index is 12.3. The van der Waals surface area contributed by atoms with E-state index in [1.165, 1.54) is 0 Å². The zero-order valence-electron chi connectivity index (χ0n) is 11.6. The minimum absolute atomic E-state index is 0.173. The van der Waals surface area contributed by atoms with Crippen molar-refractivity contribution in [1.82, 2.24) is 5.32 Å². The van der Waals surface area contributed by atoms with Gasteiger partial charge in [0.15, 0.2) is 0 Å². The smallest absolute Gasteiger partial charge is 0.226 e. The van der Waals surface area contributed by atoms with Crippen molar-refractivity contribution in [3.8, 4) is 0 Å². The molecule has 104 valence electrons. The highest BCUT2D eigenvalue weighted by molar-refractivity contribution is 6.31. The molecule has 1 aromatic rings. The predicted molar refractivity (Wildman–Crippen MR) is 79.9 cm³/mol. The molecule has 2 rings (SSSR count). The van der Waals surface area contributed by atoms with Gasteiger partial charge in [-0.3, -0.25) is 4.79 Å². The molecule has 3 nitrogen and oxygen atoms in total. The summed E-state index contributed by atoms with van der Waals surface area (Å²) in [4.78, 5) is 14.2. The van der Waals surface area contributed by atoms with Crippen molar-refractivity contribution in [3.63, 3.8) is 0 Å². The third-order valence-corrected chi connectivity index (χ3v) is 4.09. The number of hydrogen-bond acceptors (Lipinski definition) is 2.